The van der Waals surface area contributed by atoms with Crippen LogP contribution < -0.4 is 10.2 Å². The number of non-ortho nitro benzene ring substituents is 1. The summed E-state index contributed by atoms with van der Waals surface area (Å²) in [7, 11) is 1.38. The summed E-state index contributed by atoms with van der Waals surface area (Å²) in [6.45, 7) is 0. The lowest BCUT2D eigenvalue weighted by Gasteiger charge is -2.05. The quantitative estimate of drug-likeness (QED) is 0.376. The summed E-state index contributed by atoms with van der Waals surface area (Å²) < 4.78 is 24.6. The van der Waals surface area contributed by atoms with Crippen molar-refractivity contribution in [2.45, 2.75) is 0 Å². The van der Waals surface area contributed by atoms with E-state index in [0.717, 1.165) is 6.07 Å². The number of carbonyl (C=O) groups excluding carboxylic acids is 1. The van der Waals surface area contributed by atoms with Crippen LogP contribution in [0.3, 0.4) is 0 Å². The van der Waals surface area contributed by atoms with Crippen molar-refractivity contribution in [2.24, 2.45) is 5.10 Å². The summed E-state index contributed by atoms with van der Waals surface area (Å²) in [4.78, 5) is 22.4. The van der Waals surface area contributed by atoms with Crippen LogP contribution in [0.4, 0.5) is 10.1 Å². The van der Waals surface area contributed by atoms with Gasteiger partial charge in [0, 0.05) is 6.07 Å². The van der Waals surface area contributed by atoms with Gasteiger partial charge in [0.05, 0.1) is 47.1 Å². The molecule has 30 heavy (non-hydrogen) atoms. The fraction of sp³-hybridized carbons (Fsp3) is 0.0500. The number of hydrazone groups is 1. The zero-order valence-corrected chi connectivity index (χ0v) is 15.5. The summed E-state index contributed by atoms with van der Waals surface area (Å²) in [5.41, 5.74) is 2.37. The SMILES string of the molecule is COc1cc([N+](=O)[O-])ccc1-c1ccc(/C=N\NC(=O)c2ccc(C#N)cc2F)o1. The molecule has 0 unspecified atom stereocenters. The molecule has 1 heterocycles. The minimum Gasteiger partial charge on any atom is -0.496 e. The first kappa shape index (κ1) is 20.2. The number of amides is 1. The highest BCUT2D eigenvalue weighted by Crippen LogP contribution is 2.34. The molecule has 0 atom stereocenters. The largest absolute Gasteiger partial charge is 0.496 e. The van der Waals surface area contributed by atoms with Crippen LogP contribution in [0.15, 0.2) is 58.0 Å². The monoisotopic (exact) mass is 408 g/mol. The van der Waals surface area contributed by atoms with Gasteiger partial charge in [-0.3, -0.25) is 14.9 Å². The molecule has 0 aliphatic heterocycles. The predicted octanol–water partition coefficient (Wildman–Crippen LogP) is 3.64. The normalized spacial score (nSPS) is 10.6. The first-order valence-electron chi connectivity index (χ1n) is 8.38. The molecule has 1 N–H and O–H groups in total. The molecule has 150 valence electrons. The maximum atomic E-state index is 13.8. The van der Waals surface area contributed by atoms with E-state index in [1.54, 1.807) is 18.2 Å². The minimum atomic E-state index is -0.840. The molecule has 0 saturated carbocycles. The highest BCUT2D eigenvalue weighted by atomic mass is 19.1. The Hall–Kier alpha value is -4.52. The number of hydrogen-bond donors (Lipinski definition) is 1. The van der Waals surface area contributed by atoms with Crippen LogP contribution in [-0.4, -0.2) is 24.2 Å². The maximum Gasteiger partial charge on any atom is 0.274 e. The molecular formula is C20H13FN4O5. The Kier molecular flexibility index (Phi) is 5.84. The number of ether oxygens (including phenoxy) is 1. The molecule has 0 spiro atoms. The summed E-state index contributed by atoms with van der Waals surface area (Å²) in [6.07, 6.45) is 1.21. The number of nitro groups is 1. The van der Waals surface area contributed by atoms with Crippen LogP contribution in [0.1, 0.15) is 21.7 Å². The number of nitrogens with one attached hydrogen (secondary N) is 1. The number of nitrogens with zero attached hydrogens (tertiary/aromatic N) is 3. The third-order valence-electron chi connectivity index (χ3n) is 3.99. The minimum absolute atomic E-state index is 0.0948. The fourth-order valence-corrected chi connectivity index (χ4v) is 2.55. The average molecular weight is 408 g/mol. The van der Waals surface area contributed by atoms with Gasteiger partial charge in [-0.15, -0.1) is 0 Å². The van der Waals surface area contributed by atoms with Crippen molar-refractivity contribution in [3.63, 3.8) is 0 Å². The second-order valence-corrected chi connectivity index (χ2v) is 5.85. The fourth-order valence-electron chi connectivity index (χ4n) is 2.55. The maximum absolute atomic E-state index is 13.8. The van der Waals surface area contributed by atoms with Gasteiger partial charge in [-0.05, 0) is 36.4 Å². The van der Waals surface area contributed by atoms with Crippen LogP contribution in [0.5, 0.6) is 5.75 Å². The van der Waals surface area contributed by atoms with Gasteiger partial charge in [0.1, 0.15) is 23.1 Å². The van der Waals surface area contributed by atoms with Gasteiger partial charge in [0.2, 0.25) is 0 Å². The number of hydrogen-bond acceptors (Lipinski definition) is 7. The van der Waals surface area contributed by atoms with Gasteiger partial charge >= 0.3 is 0 Å². The van der Waals surface area contributed by atoms with E-state index in [0.29, 0.717) is 11.3 Å². The van der Waals surface area contributed by atoms with Gasteiger partial charge in [-0.2, -0.15) is 10.4 Å². The van der Waals surface area contributed by atoms with Crippen molar-refractivity contribution in [3.8, 4) is 23.1 Å². The van der Waals surface area contributed by atoms with Crippen LogP contribution in [0.2, 0.25) is 0 Å². The standard InChI is InChI=1S/C20H13FN4O5/c1-29-19-9-13(25(27)28)3-6-16(19)18-7-4-14(30-18)11-23-24-20(26)15-5-2-12(10-22)8-17(15)21/h2-9,11H,1H3,(H,24,26)/b23-11-. The molecule has 2 aromatic carbocycles. The number of halogens is 1. The molecule has 9 nitrogen and oxygen atoms in total. The van der Waals surface area contributed by atoms with Crippen molar-refractivity contribution in [1.82, 2.24) is 5.43 Å². The van der Waals surface area contributed by atoms with Crippen molar-refractivity contribution >= 4 is 17.8 Å². The van der Waals surface area contributed by atoms with Gasteiger partial charge < -0.3 is 9.15 Å². The van der Waals surface area contributed by atoms with Crippen molar-refractivity contribution < 1.29 is 23.3 Å². The Morgan fingerprint density at radius 1 is 1.30 bits per heavy atom. The lowest BCUT2D eigenvalue weighted by molar-refractivity contribution is -0.384. The van der Waals surface area contributed by atoms with E-state index in [1.807, 2.05) is 0 Å². The highest BCUT2D eigenvalue weighted by Gasteiger charge is 2.15. The highest BCUT2D eigenvalue weighted by molar-refractivity contribution is 5.95. The molecule has 1 aromatic heterocycles. The summed E-state index contributed by atoms with van der Waals surface area (Å²) >= 11 is 0. The van der Waals surface area contributed by atoms with E-state index in [4.69, 9.17) is 14.4 Å². The first-order chi connectivity index (χ1) is 14.4. The Bertz CT molecular complexity index is 1200. The third-order valence-corrected chi connectivity index (χ3v) is 3.99. The van der Waals surface area contributed by atoms with Gasteiger partial charge in [0.15, 0.2) is 0 Å². The summed E-state index contributed by atoms with van der Waals surface area (Å²) in [5, 5.41) is 23.3. The Morgan fingerprint density at radius 3 is 2.77 bits per heavy atom. The average Bonchev–Trinajstić information content (AvgIpc) is 3.21. The number of nitro benzene ring substituents is 1. The molecule has 0 fully saturated rings. The summed E-state index contributed by atoms with van der Waals surface area (Å²) in [6, 6.07) is 12.5. The lowest BCUT2D eigenvalue weighted by atomic mass is 10.1. The van der Waals surface area contributed by atoms with Crippen LogP contribution in [-0.2, 0) is 0 Å². The Balaban J connectivity index is 1.73. The van der Waals surface area contributed by atoms with Crippen molar-refractivity contribution in [2.75, 3.05) is 7.11 Å². The Labute approximate surface area is 169 Å². The first-order valence-corrected chi connectivity index (χ1v) is 8.38. The third kappa shape index (κ3) is 4.31. The smallest absolute Gasteiger partial charge is 0.274 e. The van der Waals surface area contributed by atoms with Gasteiger partial charge in [-0.25, -0.2) is 9.82 Å². The van der Waals surface area contributed by atoms with Crippen LogP contribution >= 0.6 is 0 Å². The molecule has 0 aliphatic rings. The second kappa shape index (κ2) is 8.66. The molecule has 1 amide bonds. The van der Waals surface area contributed by atoms with E-state index in [2.05, 4.69) is 10.5 Å². The molecular weight excluding hydrogens is 395 g/mol. The zero-order valence-electron chi connectivity index (χ0n) is 15.5. The molecule has 3 rings (SSSR count). The zero-order chi connectivity index (χ0) is 21.7. The second-order valence-electron chi connectivity index (χ2n) is 5.85. The van der Waals surface area contributed by atoms with E-state index < -0.39 is 16.6 Å². The van der Waals surface area contributed by atoms with E-state index in [-0.39, 0.29) is 28.3 Å². The van der Waals surface area contributed by atoms with E-state index >= 15 is 0 Å². The number of nitriles is 1. The molecule has 0 radical (unpaired) electrons. The van der Waals surface area contributed by atoms with Crippen LogP contribution in [0, 0.1) is 27.3 Å². The predicted molar refractivity (Wildman–Crippen MR) is 104 cm³/mol. The molecule has 0 aliphatic carbocycles. The number of rotatable bonds is 6. The number of methoxy groups -OCH3 is 1. The van der Waals surface area contributed by atoms with Gasteiger partial charge in [0.25, 0.3) is 11.6 Å². The number of benzene rings is 2. The Morgan fingerprint density at radius 2 is 2.10 bits per heavy atom. The number of carbonyl (C=O) groups is 1. The van der Waals surface area contributed by atoms with Crippen molar-refractivity contribution in [3.05, 3.63) is 81.3 Å². The molecule has 0 bridgehead atoms. The summed E-state index contributed by atoms with van der Waals surface area (Å²) in [5.74, 6) is -0.741. The van der Waals surface area contributed by atoms with E-state index in [1.165, 1.54) is 43.7 Å². The molecule has 0 saturated heterocycles. The molecule has 3 aromatic rings. The topological polar surface area (TPSA) is 131 Å². The lowest BCUT2D eigenvalue weighted by Crippen LogP contribution is -2.19. The molecule has 10 heteroatoms. The van der Waals surface area contributed by atoms with Crippen LogP contribution in [0.25, 0.3) is 11.3 Å². The number of furan rings is 1. The van der Waals surface area contributed by atoms with Crippen molar-refractivity contribution in [1.29, 1.82) is 5.26 Å². The van der Waals surface area contributed by atoms with Gasteiger partial charge in [-0.1, -0.05) is 0 Å². The van der Waals surface area contributed by atoms with E-state index in [9.17, 15) is 19.3 Å².